The lowest BCUT2D eigenvalue weighted by Crippen LogP contribution is -2.53. The van der Waals surface area contributed by atoms with Gasteiger partial charge in [-0.3, -0.25) is 14.4 Å². The van der Waals surface area contributed by atoms with E-state index < -0.39 is 46.7 Å². The molecule has 54 heavy (non-hydrogen) atoms. The van der Waals surface area contributed by atoms with E-state index in [1.54, 1.807) is 6.92 Å². The number of rotatable bonds is 11. The van der Waals surface area contributed by atoms with Crippen molar-refractivity contribution in [3.8, 4) is 28.7 Å². The molecule has 1 aromatic heterocycles. The quantitative estimate of drug-likeness (QED) is 0.111. The molecule has 5 aromatic rings. The van der Waals surface area contributed by atoms with Gasteiger partial charge in [-0.15, -0.1) is 0 Å². The van der Waals surface area contributed by atoms with Crippen molar-refractivity contribution in [2.45, 2.75) is 43.7 Å². The van der Waals surface area contributed by atoms with E-state index >= 15 is 0 Å². The second kappa shape index (κ2) is 14.4. The van der Waals surface area contributed by atoms with Crippen molar-refractivity contribution in [2.24, 2.45) is 5.92 Å². The number of aromatic nitrogens is 2. The van der Waals surface area contributed by atoms with Crippen molar-refractivity contribution in [3.05, 3.63) is 118 Å². The van der Waals surface area contributed by atoms with Crippen LogP contribution in [0, 0.1) is 5.92 Å². The van der Waals surface area contributed by atoms with Crippen molar-refractivity contribution >= 4 is 40.1 Å². The highest BCUT2D eigenvalue weighted by atomic mass is 35.5. The van der Waals surface area contributed by atoms with Gasteiger partial charge in [-0.2, -0.15) is 0 Å². The predicted molar refractivity (Wildman–Crippen MR) is 200 cm³/mol. The first-order valence-electron chi connectivity index (χ1n) is 17.3. The standard InChI is InChI=1S/C41H38ClN3O9/c1-21-16-29(47)34(38(49)41(21)39(50)35-31(52-3)20-32(53-4)36(42)37(35)54-41)24(23-14-15-28(46)30(18-23)51-2)19-33(48)43-27(17-22-10-6-5-7-11-22)40-44-25-12-8-9-13-26(25)45-40/h5-15,18,20-21,24,27,46,49H,16-17,19H2,1-4H3,(H,43,48)(H,44,45). The first-order valence-corrected chi connectivity index (χ1v) is 17.7. The molecule has 1 amide bonds. The number of fused-ring (bicyclic) bond motifs is 2. The molecule has 1 aliphatic carbocycles. The molecule has 1 aliphatic heterocycles. The number of nitrogens with zero attached hydrogens (tertiary/aromatic N) is 1. The highest BCUT2D eigenvalue weighted by molar-refractivity contribution is 6.35. The molecule has 4 unspecified atom stereocenters. The number of methoxy groups -OCH3 is 3. The third kappa shape index (κ3) is 6.15. The molecule has 13 heteroatoms. The van der Waals surface area contributed by atoms with Gasteiger partial charge in [-0.05, 0) is 41.8 Å². The lowest BCUT2D eigenvalue weighted by Gasteiger charge is -2.38. The minimum absolute atomic E-state index is 0.00813. The zero-order valence-electron chi connectivity index (χ0n) is 29.9. The highest BCUT2D eigenvalue weighted by Gasteiger charge is 2.61. The predicted octanol–water partition coefficient (Wildman–Crippen LogP) is 6.96. The number of hydrogen-bond donors (Lipinski definition) is 4. The maximum atomic E-state index is 14.5. The third-order valence-electron chi connectivity index (χ3n) is 10.2. The number of hydrogen-bond acceptors (Lipinski definition) is 10. The number of ketones is 2. The summed E-state index contributed by atoms with van der Waals surface area (Å²) in [5.41, 5.74) is 0.565. The summed E-state index contributed by atoms with van der Waals surface area (Å²) in [4.78, 5) is 51.0. The minimum atomic E-state index is -2.07. The Bertz CT molecular complexity index is 2290. The molecule has 12 nitrogen and oxygen atoms in total. The van der Waals surface area contributed by atoms with Gasteiger partial charge in [0.15, 0.2) is 28.8 Å². The number of benzene rings is 4. The Morgan fingerprint density at radius 3 is 2.39 bits per heavy atom. The van der Waals surface area contributed by atoms with Gasteiger partial charge in [0, 0.05) is 36.3 Å². The second-order valence-corrected chi connectivity index (χ2v) is 13.8. The number of phenolic OH excluding ortho intramolecular Hbond substituents is 1. The van der Waals surface area contributed by atoms with Crippen molar-refractivity contribution in [2.75, 3.05) is 21.3 Å². The van der Waals surface area contributed by atoms with Crippen molar-refractivity contribution < 1.29 is 43.5 Å². The smallest absolute Gasteiger partial charge is 0.231 e. The third-order valence-corrected chi connectivity index (χ3v) is 10.6. The Balaban J connectivity index is 1.32. The Hall–Kier alpha value is -6.01. The van der Waals surface area contributed by atoms with E-state index in [4.69, 9.17) is 35.5 Å². The minimum Gasteiger partial charge on any atom is -0.507 e. The SMILES string of the molecule is COc1cc(C(CC(=O)NC(Cc2ccccc2)c2nc3ccccc3[nH]2)C2=C(O)C3(Oc4c(Cl)c(OC)cc(OC)c4C3=O)C(C)CC2=O)ccc1O. The number of phenols is 1. The van der Waals surface area contributed by atoms with E-state index in [0.29, 0.717) is 17.8 Å². The van der Waals surface area contributed by atoms with Gasteiger partial charge in [0.1, 0.15) is 27.9 Å². The van der Waals surface area contributed by atoms with Crippen LogP contribution in [0.2, 0.25) is 5.02 Å². The highest BCUT2D eigenvalue weighted by Crippen LogP contribution is 2.56. The number of para-hydroxylation sites is 2. The molecule has 0 saturated carbocycles. The summed E-state index contributed by atoms with van der Waals surface area (Å²) in [6.07, 6.45) is -0.169. The number of aliphatic hydroxyl groups excluding tert-OH is 1. The van der Waals surface area contributed by atoms with Gasteiger partial charge in [0.25, 0.3) is 0 Å². The molecule has 4 atom stereocenters. The van der Waals surface area contributed by atoms with Gasteiger partial charge in [0.2, 0.25) is 17.3 Å². The van der Waals surface area contributed by atoms with E-state index in [0.717, 1.165) is 16.6 Å². The number of aromatic hydroxyl groups is 1. The van der Waals surface area contributed by atoms with E-state index in [9.17, 15) is 24.6 Å². The number of Topliss-reactive ketones (excluding diaryl/α,β-unsaturated/α-hetero) is 2. The number of aliphatic hydroxyl groups is 1. The van der Waals surface area contributed by atoms with Crippen molar-refractivity contribution in [3.63, 3.8) is 0 Å². The molecule has 0 radical (unpaired) electrons. The number of aromatic amines is 1. The molecule has 1 spiro atoms. The van der Waals surface area contributed by atoms with E-state index in [-0.39, 0.29) is 57.7 Å². The lowest BCUT2D eigenvalue weighted by molar-refractivity contribution is -0.122. The summed E-state index contributed by atoms with van der Waals surface area (Å²) in [7, 11) is 4.14. The van der Waals surface area contributed by atoms with Crippen LogP contribution in [0.4, 0.5) is 0 Å². The molecule has 0 bridgehead atoms. The number of ether oxygens (including phenoxy) is 4. The summed E-state index contributed by atoms with van der Waals surface area (Å²) in [5, 5.41) is 25.9. The van der Waals surface area contributed by atoms with E-state index in [2.05, 4.69) is 10.3 Å². The number of carbonyl (C=O) groups is 3. The van der Waals surface area contributed by atoms with Crippen LogP contribution in [0.15, 0.2) is 90.2 Å². The fraction of sp³-hybridized carbons (Fsp3) is 0.268. The van der Waals surface area contributed by atoms with Gasteiger partial charge in [-0.1, -0.05) is 67.1 Å². The molecular weight excluding hydrogens is 714 g/mol. The largest absolute Gasteiger partial charge is 0.507 e. The molecule has 0 saturated heterocycles. The fourth-order valence-corrected chi connectivity index (χ4v) is 7.74. The van der Waals surface area contributed by atoms with Crippen molar-refractivity contribution in [1.82, 2.24) is 15.3 Å². The van der Waals surface area contributed by atoms with E-state index in [1.165, 1.54) is 45.6 Å². The summed E-state index contributed by atoms with van der Waals surface area (Å²) >= 11 is 6.65. The number of carbonyl (C=O) groups excluding carboxylic acids is 3. The number of imidazole rings is 1. The molecule has 7 rings (SSSR count). The Kier molecular flexibility index (Phi) is 9.71. The van der Waals surface area contributed by atoms with Gasteiger partial charge >= 0.3 is 0 Å². The number of allylic oxidation sites excluding steroid dienone is 1. The average molecular weight is 752 g/mol. The summed E-state index contributed by atoms with van der Waals surface area (Å²) in [6.45, 7) is 1.62. The monoisotopic (exact) mass is 751 g/mol. The maximum Gasteiger partial charge on any atom is 0.231 e. The molecule has 4 aromatic carbocycles. The number of halogens is 1. The van der Waals surface area contributed by atoms with Gasteiger partial charge in [0.05, 0.1) is 38.4 Å². The topological polar surface area (TPSA) is 169 Å². The number of nitrogens with one attached hydrogen (secondary N) is 2. The van der Waals surface area contributed by atoms with Gasteiger partial charge in [-0.25, -0.2) is 4.98 Å². The van der Waals surface area contributed by atoms with Crippen LogP contribution >= 0.6 is 11.6 Å². The van der Waals surface area contributed by atoms with Crippen LogP contribution in [0.3, 0.4) is 0 Å². The number of amides is 1. The zero-order valence-corrected chi connectivity index (χ0v) is 30.7. The summed E-state index contributed by atoms with van der Waals surface area (Å²) in [6, 6.07) is 22.4. The fourth-order valence-electron chi connectivity index (χ4n) is 7.48. The molecule has 2 aliphatic rings. The molecular formula is C41H38ClN3O9. The summed E-state index contributed by atoms with van der Waals surface area (Å²) in [5.74, 6) is -3.58. The van der Waals surface area contributed by atoms with Crippen LogP contribution in [0.5, 0.6) is 28.7 Å². The molecule has 278 valence electrons. The van der Waals surface area contributed by atoms with Crippen LogP contribution in [0.25, 0.3) is 11.0 Å². The normalized spacial score (nSPS) is 19.0. The van der Waals surface area contributed by atoms with Crippen LogP contribution in [-0.4, -0.2) is 64.6 Å². The Morgan fingerprint density at radius 2 is 1.69 bits per heavy atom. The van der Waals surface area contributed by atoms with Crippen molar-refractivity contribution in [1.29, 1.82) is 0 Å². The zero-order chi connectivity index (χ0) is 38.3. The first-order chi connectivity index (χ1) is 26.0. The Morgan fingerprint density at radius 1 is 0.981 bits per heavy atom. The van der Waals surface area contributed by atoms with Crippen LogP contribution in [-0.2, 0) is 16.0 Å². The Labute approximate surface area is 315 Å². The van der Waals surface area contributed by atoms with Gasteiger partial charge < -0.3 is 39.5 Å². The second-order valence-electron chi connectivity index (χ2n) is 13.4. The average Bonchev–Trinajstić information content (AvgIpc) is 3.75. The molecule has 4 N–H and O–H groups in total. The number of H-pyrrole nitrogens is 1. The maximum absolute atomic E-state index is 14.5. The summed E-state index contributed by atoms with van der Waals surface area (Å²) < 4.78 is 22.7. The van der Waals surface area contributed by atoms with Crippen LogP contribution < -0.4 is 24.3 Å². The first kappa shape index (κ1) is 36.4. The van der Waals surface area contributed by atoms with E-state index in [1.807, 2.05) is 54.6 Å². The van der Waals surface area contributed by atoms with Crippen LogP contribution in [0.1, 0.15) is 59.0 Å². The molecule has 2 heterocycles. The molecule has 0 fully saturated rings. The lowest BCUT2D eigenvalue weighted by atomic mass is 9.69.